The molecule has 0 heterocycles. The van der Waals surface area contributed by atoms with Crippen LogP contribution in [0, 0.1) is 0 Å². The van der Waals surface area contributed by atoms with Gasteiger partial charge in [-0.3, -0.25) is 5.32 Å². The molecule has 1 aromatic rings. The number of nitrogens with one attached hydrogen (secondary N) is 1. The summed E-state index contributed by atoms with van der Waals surface area (Å²) >= 11 is 4.06. The van der Waals surface area contributed by atoms with Crippen molar-refractivity contribution in [1.82, 2.24) is 0 Å². The Morgan fingerprint density at radius 1 is 1.29 bits per heavy atom. The lowest BCUT2D eigenvalue weighted by molar-refractivity contribution is -0.137. The van der Waals surface area contributed by atoms with Gasteiger partial charge >= 0.3 is 12.3 Å². The third-order valence-corrected chi connectivity index (χ3v) is 2.68. The number of aryl methyl sites for hydroxylation is 1. The largest absolute Gasteiger partial charge is 0.444 e. The maximum absolute atomic E-state index is 12.7. The van der Waals surface area contributed by atoms with Gasteiger partial charge in [0.1, 0.15) is 5.60 Å². The van der Waals surface area contributed by atoms with Gasteiger partial charge in [-0.15, -0.1) is 0 Å². The summed E-state index contributed by atoms with van der Waals surface area (Å²) in [4.78, 5) is 11.7. The molecule has 118 valence electrons. The van der Waals surface area contributed by atoms with E-state index in [9.17, 15) is 18.0 Å². The molecule has 1 rings (SSSR count). The summed E-state index contributed by atoms with van der Waals surface area (Å²) < 4.78 is 43.3. The van der Waals surface area contributed by atoms with Crippen molar-refractivity contribution in [3.63, 3.8) is 0 Å². The standard InChI is InChI=1S/C14H18F3NO2S/c1-13(2,3)20-12(19)18-11-8-10(14(15,16)17)5-4-9(11)6-7-21/h4-5,8,21H,6-7H2,1-3H3,(H,18,19). The van der Waals surface area contributed by atoms with E-state index in [0.29, 0.717) is 17.7 Å². The van der Waals surface area contributed by atoms with Crippen LogP contribution >= 0.6 is 12.6 Å². The van der Waals surface area contributed by atoms with E-state index in [1.54, 1.807) is 20.8 Å². The number of hydrogen-bond acceptors (Lipinski definition) is 3. The molecular formula is C14H18F3NO2S. The number of benzene rings is 1. The Balaban J connectivity index is 3.04. The molecule has 0 saturated heterocycles. The van der Waals surface area contributed by atoms with Gasteiger partial charge in [0.15, 0.2) is 0 Å². The van der Waals surface area contributed by atoms with E-state index in [-0.39, 0.29) is 5.69 Å². The molecule has 0 aliphatic heterocycles. The number of ether oxygens (including phenoxy) is 1. The van der Waals surface area contributed by atoms with Gasteiger partial charge in [-0.2, -0.15) is 25.8 Å². The number of rotatable bonds is 3. The van der Waals surface area contributed by atoms with Crippen molar-refractivity contribution in [2.75, 3.05) is 11.1 Å². The normalized spacial score (nSPS) is 12.1. The van der Waals surface area contributed by atoms with E-state index in [1.807, 2.05) is 0 Å². The quantitative estimate of drug-likeness (QED) is 0.803. The molecule has 0 fully saturated rings. The highest BCUT2D eigenvalue weighted by Gasteiger charge is 2.31. The fourth-order valence-corrected chi connectivity index (χ4v) is 1.86. The van der Waals surface area contributed by atoms with E-state index in [4.69, 9.17) is 4.74 Å². The van der Waals surface area contributed by atoms with Crippen LogP contribution in [0.25, 0.3) is 0 Å². The van der Waals surface area contributed by atoms with Crippen LogP contribution < -0.4 is 5.32 Å². The van der Waals surface area contributed by atoms with Gasteiger partial charge in [-0.05, 0) is 50.6 Å². The highest BCUT2D eigenvalue weighted by Crippen LogP contribution is 2.32. The lowest BCUT2D eigenvalue weighted by Gasteiger charge is -2.21. The topological polar surface area (TPSA) is 38.3 Å². The molecule has 0 spiro atoms. The number of anilines is 1. The Kier molecular flexibility index (Phi) is 5.55. The lowest BCUT2D eigenvalue weighted by Crippen LogP contribution is -2.27. The molecule has 0 bridgehead atoms. The molecular weight excluding hydrogens is 303 g/mol. The molecule has 1 aromatic carbocycles. The van der Waals surface area contributed by atoms with E-state index in [1.165, 1.54) is 6.07 Å². The maximum Gasteiger partial charge on any atom is 0.416 e. The number of carbonyl (C=O) groups is 1. The monoisotopic (exact) mass is 321 g/mol. The summed E-state index contributed by atoms with van der Waals surface area (Å²) in [7, 11) is 0. The molecule has 1 amide bonds. The van der Waals surface area contributed by atoms with Crippen molar-refractivity contribution in [2.24, 2.45) is 0 Å². The molecule has 0 atom stereocenters. The minimum atomic E-state index is -4.47. The number of thiol groups is 1. The number of carbonyl (C=O) groups excluding carboxylic acids is 1. The Morgan fingerprint density at radius 2 is 1.90 bits per heavy atom. The minimum Gasteiger partial charge on any atom is -0.444 e. The third kappa shape index (κ3) is 5.87. The Labute approximate surface area is 127 Å². The first-order valence-electron chi connectivity index (χ1n) is 6.34. The Bertz CT molecular complexity index is 510. The van der Waals surface area contributed by atoms with Crippen LogP contribution in [0.1, 0.15) is 31.9 Å². The molecule has 0 aromatic heterocycles. The summed E-state index contributed by atoms with van der Waals surface area (Å²) in [6.45, 7) is 5.02. The van der Waals surface area contributed by atoms with Gasteiger partial charge in [0.2, 0.25) is 0 Å². The van der Waals surface area contributed by atoms with Crippen molar-refractivity contribution < 1.29 is 22.7 Å². The molecule has 0 aliphatic carbocycles. The molecule has 21 heavy (non-hydrogen) atoms. The van der Waals surface area contributed by atoms with Gasteiger partial charge in [-0.25, -0.2) is 4.79 Å². The van der Waals surface area contributed by atoms with Crippen LogP contribution in [-0.4, -0.2) is 17.4 Å². The fourth-order valence-electron chi connectivity index (χ4n) is 1.62. The van der Waals surface area contributed by atoms with Crippen LogP contribution in [0.3, 0.4) is 0 Å². The summed E-state index contributed by atoms with van der Waals surface area (Å²) in [5.41, 5.74) is -0.886. The number of amides is 1. The van der Waals surface area contributed by atoms with Crippen LogP contribution in [0.2, 0.25) is 0 Å². The van der Waals surface area contributed by atoms with Crippen LogP contribution in [0.5, 0.6) is 0 Å². The zero-order valence-corrected chi connectivity index (χ0v) is 12.9. The second-order valence-corrected chi connectivity index (χ2v) is 5.92. The van der Waals surface area contributed by atoms with Gasteiger partial charge < -0.3 is 4.74 Å². The van der Waals surface area contributed by atoms with Crippen molar-refractivity contribution in [2.45, 2.75) is 39.0 Å². The smallest absolute Gasteiger partial charge is 0.416 e. The number of hydrogen-bond donors (Lipinski definition) is 2. The van der Waals surface area contributed by atoms with Crippen molar-refractivity contribution in [3.05, 3.63) is 29.3 Å². The van der Waals surface area contributed by atoms with Crippen LogP contribution in [0.15, 0.2) is 18.2 Å². The molecule has 0 unspecified atom stereocenters. The fraction of sp³-hybridized carbons (Fsp3) is 0.500. The van der Waals surface area contributed by atoms with Gasteiger partial charge in [0.05, 0.1) is 5.56 Å². The van der Waals surface area contributed by atoms with Crippen LogP contribution in [0.4, 0.5) is 23.7 Å². The number of halogens is 3. The van der Waals surface area contributed by atoms with Crippen molar-refractivity contribution in [3.8, 4) is 0 Å². The highest BCUT2D eigenvalue weighted by atomic mass is 32.1. The third-order valence-electron chi connectivity index (χ3n) is 2.45. The SMILES string of the molecule is CC(C)(C)OC(=O)Nc1cc(C(F)(F)F)ccc1CCS. The second kappa shape index (κ2) is 6.60. The first-order chi connectivity index (χ1) is 9.53. The van der Waals surface area contributed by atoms with E-state index in [2.05, 4.69) is 17.9 Å². The predicted molar refractivity (Wildman–Crippen MR) is 78.9 cm³/mol. The zero-order valence-electron chi connectivity index (χ0n) is 12.0. The summed E-state index contributed by atoms with van der Waals surface area (Å²) in [6, 6.07) is 3.23. The van der Waals surface area contributed by atoms with E-state index >= 15 is 0 Å². The van der Waals surface area contributed by atoms with Gasteiger partial charge in [-0.1, -0.05) is 6.07 Å². The van der Waals surface area contributed by atoms with Crippen molar-refractivity contribution >= 4 is 24.4 Å². The second-order valence-electron chi connectivity index (χ2n) is 5.47. The summed E-state index contributed by atoms with van der Waals surface area (Å²) in [5.74, 6) is 0.453. The lowest BCUT2D eigenvalue weighted by atomic mass is 10.1. The zero-order chi connectivity index (χ0) is 16.3. The Morgan fingerprint density at radius 3 is 2.38 bits per heavy atom. The van der Waals surface area contributed by atoms with E-state index in [0.717, 1.165) is 12.1 Å². The average Bonchev–Trinajstić information content (AvgIpc) is 2.27. The van der Waals surface area contributed by atoms with E-state index < -0.39 is 23.4 Å². The summed E-state index contributed by atoms with van der Waals surface area (Å²) in [5, 5.41) is 2.37. The van der Waals surface area contributed by atoms with Crippen molar-refractivity contribution in [1.29, 1.82) is 0 Å². The first kappa shape index (κ1) is 17.7. The average molecular weight is 321 g/mol. The maximum atomic E-state index is 12.7. The highest BCUT2D eigenvalue weighted by molar-refractivity contribution is 7.80. The molecule has 3 nitrogen and oxygen atoms in total. The Hall–Kier alpha value is -1.37. The summed E-state index contributed by atoms with van der Waals surface area (Å²) in [6.07, 6.45) is -4.82. The molecule has 0 radical (unpaired) electrons. The van der Waals surface area contributed by atoms with Crippen LogP contribution in [-0.2, 0) is 17.3 Å². The molecule has 0 saturated carbocycles. The molecule has 1 N–H and O–H groups in total. The first-order valence-corrected chi connectivity index (χ1v) is 6.97. The minimum absolute atomic E-state index is 0.0909. The number of alkyl halides is 3. The predicted octanol–water partition coefficient (Wildman–Crippen LogP) is 4.52. The van der Waals surface area contributed by atoms with Gasteiger partial charge in [0, 0.05) is 5.69 Å². The molecule has 0 aliphatic rings. The van der Waals surface area contributed by atoms with Gasteiger partial charge in [0.25, 0.3) is 0 Å². The molecule has 7 heteroatoms.